The van der Waals surface area contributed by atoms with Crippen LogP contribution in [0.25, 0.3) is 0 Å². The van der Waals surface area contributed by atoms with Crippen LogP contribution in [0.15, 0.2) is 30.5 Å². The minimum atomic E-state index is -0.593. The Balaban J connectivity index is 2.04. The Hall–Kier alpha value is -2.57. The van der Waals surface area contributed by atoms with Crippen molar-refractivity contribution in [2.24, 2.45) is 7.05 Å². The van der Waals surface area contributed by atoms with Gasteiger partial charge in [-0.15, -0.1) is 0 Å². The van der Waals surface area contributed by atoms with Crippen LogP contribution in [0, 0.1) is 5.82 Å². The van der Waals surface area contributed by atoms with Gasteiger partial charge in [0.15, 0.2) is 0 Å². The first kappa shape index (κ1) is 16.8. The van der Waals surface area contributed by atoms with Crippen LogP contribution < -0.4 is 10.6 Å². The fourth-order valence-electron chi connectivity index (χ4n) is 1.92. The number of aryl methyl sites for hydroxylation is 1. The first-order valence-corrected chi connectivity index (χ1v) is 7.25. The molecule has 0 bridgehead atoms. The molecular weight excluding hydrogens is 299 g/mol. The molecule has 0 aliphatic carbocycles. The first-order chi connectivity index (χ1) is 10.7. The number of nitrogens with one attached hydrogen (secondary N) is 2. The molecule has 0 aliphatic heterocycles. The van der Waals surface area contributed by atoms with E-state index in [4.69, 9.17) is 4.74 Å². The molecule has 7 heteroatoms. The zero-order valence-electron chi connectivity index (χ0n) is 13.7. The fourth-order valence-corrected chi connectivity index (χ4v) is 1.92. The highest BCUT2D eigenvalue weighted by Crippen LogP contribution is 2.21. The van der Waals surface area contributed by atoms with Gasteiger partial charge in [-0.1, -0.05) is 0 Å². The van der Waals surface area contributed by atoms with Gasteiger partial charge < -0.3 is 10.1 Å². The van der Waals surface area contributed by atoms with Crippen molar-refractivity contribution in [2.75, 3.05) is 10.6 Å². The third-order valence-corrected chi connectivity index (χ3v) is 2.99. The molecule has 6 nitrogen and oxygen atoms in total. The van der Waals surface area contributed by atoms with E-state index in [2.05, 4.69) is 15.7 Å². The van der Waals surface area contributed by atoms with Crippen LogP contribution >= 0.6 is 0 Å². The molecule has 2 aromatic rings. The van der Waals surface area contributed by atoms with Gasteiger partial charge in [0.1, 0.15) is 11.4 Å². The second-order valence-electron chi connectivity index (χ2n) is 6.12. The van der Waals surface area contributed by atoms with E-state index in [1.54, 1.807) is 31.6 Å². The van der Waals surface area contributed by atoms with Gasteiger partial charge in [0.05, 0.1) is 17.9 Å². The van der Waals surface area contributed by atoms with E-state index in [0.29, 0.717) is 17.9 Å². The van der Waals surface area contributed by atoms with E-state index in [0.717, 1.165) is 5.69 Å². The molecule has 0 saturated heterocycles. The Labute approximate surface area is 134 Å². The smallest absolute Gasteiger partial charge is 0.412 e. The van der Waals surface area contributed by atoms with Crippen molar-refractivity contribution in [2.45, 2.75) is 32.9 Å². The zero-order chi connectivity index (χ0) is 17.0. The molecule has 1 amide bonds. The number of amides is 1. The van der Waals surface area contributed by atoms with E-state index >= 15 is 0 Å². The minimum Gasteiger partial charge on any atom is -0.444 e. The van der Waals surface area contributed by atoms with Crippen LogP contribution in [0.3, 0.4) is 0 Å². The molecule has 0 saturated carbocycles. The number of carbonyl (C=O) groups excluding carboxylic acids is 1. The summed E-state index contributed by atoms with van der Waals surface area (Å²) < 4.78 is 20.8. The predicted molar refractivity (Wildman–Crippen MR) is 86.8 cm³/mol. The lowest BCUT2D eigenvalue weighted by atomic mass is 10.2. The lowest BCUT2D eigenvalue weighted by Crippen LogP contribution is -2.27. The molecule has 0 spiro atoms. The highest BCUT2D eigenvalue weighted by Gasteiger charge is 2.16. The highest BCUT2D eigenvalue weighted by atomic mass is 19.1. The molecule has 0 unspecified atom stereocenters. The second-order valence-corrected chi connectivity index (χ2v) is 6.12. The number of carbonyl (C=O) groups is 1. The maximum absolute atomic E-state index is 13.9. The quantitative estimate of drug-likeness (QED) is 0.904. The SMILES string of the molecule is Cn1nccc1CNc1cc(NC(=O)OC(C)(C)C)ccc1F. The van der Waals surface area contributed by atoms with Crippen molar-refractivity contribution in [1.82, 2.24) is 9.78 Å². The summed E-state index contributed by atoms with van der Waals surface area (Å²) in [5.74, 6) is -0.401. The number of nitrogens with zero attached hydrogens (tertiary/aromatic N) is 2. The fraction of sp³-hybridized carbons (Fsp3) is 0.375. The van der Waals surface area contributed by atoms with Gasteiger partial charge in [-0.25, -0.2) is 9.18 Å². The molecule has 0 aliphatic rings. The molecule has 1 heterocycles. The number of aromatic nitrogens is 2. The molecule has 0 atom stereocenters. The molecule has 0 fully saturated rings. The molecule has 1 aromatic carbocycles. The Morgan fingerprint density at radius 3 is 2.70 bits per heavy atom. The van der Waals surface area contributed by atoms with Crippen LogP contribution in [0.5, 0.6) is 0 Å². The molecule has 2 rings (SSSR count). The summed E-state index contributed by atoms with van der Waals surface area (Å²) in [5, 5.41) is 9.63. The van der Waals surface area contributed by atoms with Crippen molar-refractivity contribution in [1.29, 1.82) is 0 Å². The third kappa shape index (κ3) is 4.98. The van der Waals surface area contributed by atoms with Gasteiger partial charge >= 0.3 is 6.09 Å². The standard InChI is InChI=1S/C16H21FN4O2/c1-16(2,3)23-15(22)20-11-5-6-13(17)14(9-11)18-10-12-7-8-19-21(12)4/h5-9,18H,10H2,1-4H3,(H,20,22). The third-order valence-electron chi connectivity index (χ3n) is 2.99. The summed E-state index contributed by atoms with van der Waals surface area (Å²) in [6, 6.07) is 6.14. The maximum Gasteiger partial charge on any atom is 0.412 e. The van der Waals surface area contributed by atoms with E-state index in [1.807, 2.05) is 13.1 Å². The average molecular weight is 320 g/mol. The monoisotopic (exact) mass is 320 g/mol. The van der Waals surface area contributed by atoms with E-state index in [-0.39, 0.29) is 0 Å². The van der Waals surface area contributed by atoms with Crippen molar-refractivity contribution >= 4 is 17.5 Å². The second kappa shape index (κ2) is 6.68. The molecular formula is C16H21FN4O2. The number of ether oxygens (including phenoxy) is 1. The summed E-state index contributed by atoms with van der Waals surface area (Å²) in [4.78, 5) is 11.8. The Bertz CT molecular complexity index is 692. The van der Waals surface area contributed by atoms with E-state index < -0.39 is 17.5 Å². The summed E-state index contributed by atoms with van der Waals surface area (Å²) in [6.07, 6.45) is 1.09. The molecule has 23 heavy (non-hydrogen) atoms. The van der Waals surface area contributed by atoms with Gasteiger partial charge in [-0.2, -0.15) is 5.10 Å². The number of hydrogen-bond donors (Lipinski definition) is 2. The number of hydrogen-bond acceptors (Lipinski definition) is 4. The summed E-state index contributed by atoms with van der Waals surface area (Å²) >= 11 is 0. The van der Waals surface area contributed by atoms with Crippen LogP contribution in [0.4, 0.5) is 20.6 Å². The lowest BCUT2D eigenvalue weighted by Gasteiger charge is -2.20. The van der Waals surface area contributed by atoms with E-state index in [1.165, 1.54) is 18.2 Å². The molecule has 2 N–H and O–H groups in total. The van der Waals surface area contributed by atoms with Crippen molar-refractivity contribution in [3.63, 3.8) is 0 Å². The Kier molecular flexibility index (Phi) is 4.88. The summed E-state index contributed by atoms with van der Waals surface area (Å²) in [5.41, 5.74) is 1.06. The Morgan fingerprint density at radius 2 is 2.09 bits per heavy atom. The predicted octanol–water partition coefficient (Wildman–Crippen LogP) is 3.52. The van der Waals surface area contributed by atoms with Gasteiger partial charge in [0, 0.05) is 18.9 Å². The van der Waals surface area contributed by atoms with Crippen LogP contribution in [0.2, 0.25) is 0 Å². The average Bonchev–Trinajstić information content (AvgIpc) is 2.83. The van der Waals surface area contributed by atoms with E-state index in [9.17, 15) is 9.18 Å². The van der Waals surface area contributed by atoms with Crippen LogP contribution in [0.1, 0.15) is 26.5 Å². The maximum atomic E-state index is 13.9. The largest absolute Gasteiger partial charge is 0.444 e. The van der Waals surface area contributed by atoms with Crippen LogP contribution in [-0.4, -0.2) is 21.5 Å². The topological polar surface area (TPSA) is 68.2 Å². The highest BCUT2D eigenvalue weighted by molar-refractivity contribution is 5.85. The molecule has 0 radical (unpaired) electrons. The normalized spacial score (nSPS) is 11.2. The van der Waals surface area contributed by atoms with Crippen molar-refractivity contribution in [3.05, 3.63) is 42.0 Å². The van der Waals surface area contributed by atoms with Gasteiger partial charge in [-0.05, 0) is 45.0 Å². The number of benzene rings is 1. The molecule has 1 aromatic heterocycles. The van der Waals surface area contributed by atoms with Gasteiger partial charge in [-0.3, -0.25) is 10.00 Å². The Morgan fingerprint density at radius 1 is 1.35 bits per heavy atom. The summed E-state index contributed by atoms with van der Waals surface area (Å²) in [6.45, 7) is 5.75. The number of anilines is 2. The minimum absolute atomic E-state index is 0.291. The molecule has 124 valence electrons. The summed E-state index contributed by atoms with van der Waals surface area (Å²) in [7, 11) is 1.81. The van der Waals surface area contributed by atoms with Crippen LogP contribution in [-0.2, 0) is 18.3 Å². The van der Waals surface area contributed by atoms with Crippen molar-refractivity contribution < 1.29 is 13.9 Å². The number of halogens is 1. The number of rotatable bonds is 4. The lowest BCUT2D eigenvalue weighted by molar-refractivity contribution is 0.0636. The van der Waals surface area contributed by atoms with Gasteiger partial charge in [0.2, 0.25) is 0 Å². The van der Waals surface area contributed by atoms with Gasteiger partial charge in [0.25, 0.3) is 0 Å². The first-order valence-electron chi connectivity index (χ1n) is 7.25. The van der Waals surface area contributed by atoms with Crippen molar-refractivity contribution in [3.8, 4) is 0 Å². The zero-order valence-corrected chi connectivity index (χ0v) is 13.7.